The van der Waals surface area contributed by atoms with Gasteiger partial charge in [-0.3, -0.25) is 13.8 Å². The molecule has 0 bridgehead atoms. The number of quaternary nitrogens is 1. The quantitative estimate of drug-likeness (QED) is 0.0245. The van der Waals surface area contributed by atoms with Crippen molar-refractivity contribution in [3.63, 3.8) is 0 Å². The van der Waals surface area contributed by atoms with E-state index in [2.05, 4.69) is 79.9 Å². The van der Waals surface area contributed by atoms with E-state index >= 15 is 0 Å². The molecule has 0 aliphatic heterocycles. The number of unbranched alkanes of at least 4 members (excludes halogenated alkanes) is 19. The SMILES string of the molecule is CC/C=C\C/C=C\C/C=C\CCCCCCCC(=O)NC(COP(=O)(O)OCC[N+](C)(C)C)C(O)/C=C/CC/C=C/CC/C=C/CCCCCCCCCCCCCC. The zero-order valence-electron chi connectivity index (χ0n) is 38.7. The zero-order valence-corrected chi connectivity index (χ0v) is 39.6. The number of hydrogen-bond acceptors (Lipinski definition) is 5. The normalized spacial score (nSPS) is 14.9. The van der Waals surface area contributed by atoms with Crippen molar-refractivity contribution in [2.24, 2.45) is 0 Å². The van der Waals surface area contributed by atoms with Crippen molar-refractivity contribution in [1.29, 1.82) is 0 Å². The van der Waals surface area contributed by atoms with Gasteiger partial charge in [-0.25, -0.2) is 4.57 Å². The van der Waals surface area contributed by atoms with E-state index in [4.69, 9.17) is 9.05 Å². The topological polar surface area (TPSA) is 105 Å². The lowest BCUT2D eigenvalue weighted by Crippen LogP contribution is -2.45. The first-order valence-electron chi connectivity index (χ1n) is 23.8. The maximum atomic E-state index is 12.9. The number of phosphoric ester groups is 1. The van der Waals surface area contributed by atoms with Gasteiger partial charge in [0.05, 0.1) is 39.9 Å². The number of nitrogens with one attached hydrogen (secondary N) is 1. The summed E-state index contributed by atoms with van der Waals surface area (Å²) in [5.74, 6) is -0.211. The number of aliphatic hydroxyl groups excluding tert-OH is 1. The fraction of sp³-hybridized carbons (Fsp3) is 0.740. The number of phosphoric acid groups is 1. The largest absolute Gasteiger partial charge is 0.472 e. The molecule has 0 radical (unpaired) electrons. The molecule has 0 spiro atoms. The minimum atomic E-state index is -4.36. The lowest BCUT2D eigenvalue weighted by molar-refractivity contribution is -0.870. The molecule has 342 valence electrons. The standard InChI is InChI=1S/C50H91N2O6P/c1-6-8-10-12-14-16-18-20-22-23-24-25-26-27-28-30-31-33-35-37-39-41-43-49(53)48(47-58-59(55,56)57-46-45-52(3,4)5)51-50(54)44-42-40-38-36-34-32-29-21-19-17-15-13-11-9-7-2/h9,11,15,17,21,27-29,33,35,41,43,48-49,53H,6-8,10,12-14,16,18-20,22-26,30-32,34,36-40,42,44-47H2,1-5H3,(H-,51,54,55,56)/p+1/b11-9-,17-15-,28-27+,29-21-,35-33+,43-41+. The fourth-order valence-corrected chi connectivity index (χ4v) is 7.12. The first-order valence-corrected chi connectivity index (χ1v) is 25.3. The molecule has 0 saturated carbocycles. The van der Waals surface area contributed by atoms with Gasteiger partial charge in [-0.05, 0) is 77.0 Å². The second kappa shape index (κ2) is 41.3. The van der Waals surface area contributed by atoms with Crippen LogP contribution >= 0.6 is 7.82 Å². The molecule has 0 rings (SSSR count). The molecule has 0 aliphatic rings. The third-order valence-corrected chi connectivity index (χ3v) is 11.1. The van der Waals surface area contributed by atoms with E-state index in [1.807, 2.05) is 27.2 Å². The number of hydrogen-bond donors (Lipinski definition) is 3. The van der Waals surface area contributed by atoms with Crippen LogP contribution in [0.3, 0.4) is 0 Å². The number of aliphatic hydroxyl groups is 1. The van der Waals surface area contributed by atoms with Crippen LogP contribution in [0.2, 0.25) is 0 Å². The van der Waals surface area contributed by atoms with Crippen LogP contribution in [0.4, 0.5) is 0 Å². The fourth-order valence-electron chi connectivity index (χ4n) is 6.38. The van der Waals surface area contributed by atoms with Crippen LogP contribution in [0.15, 0.2) is 72.9 Å². The van der Waals surface area contributed by atoms with Gasteiger partial charge in [0.2, 0.25) is 5.91 Å². The summed E-state index contributed by atoms with van der Waals surface area (Å²) in [6.45, 7) is 4.65. The summed E-state index contributed by atoms with van der Waals surface area (Å²) in [6, 6.07) is -0.882. The maximum absolute atomic E-state index is 12.9. The highest BCUT2D eigenvalue weighted by molar-refractivity contribution is 7.47. The second-order valence-corrected chi connectivity index (χ2v) is 18.5. The Hall–Kier alpha value is -2.06. The molecule has 3 N–H and O–H groups in total. The van der Waals surface area contributed by atoms with E-state index in [-0.39, 0.29) is 19.1 Å². The van der Waals surface area contributed by atoms with Crippen molar-refractivity contribution in [2.45, 2.75) is 199 Å². The maximum Gasteiger partial charge on any atom is 0.472 e. The second-order valence-electron chi connectivity index (χ2n) is 17.1. The van der Waals surface area contributed by atoms with E-state index in [9.17, 15) is 19.4 Å². The summed E-state index contributed by atoms with van der Waals surface area (Å²) in [4.78, 5) is 23.1. The Balaban J connectivity index is 4.47. The molecule has 0 heterocycles. The van der Waals surface area contributed by atoms with Gasteiger partial charge in [-0.15, -0.1) is 0 Å². The molecule has 0 aromatic carbocycles. The predicted octanol–water partition coefficient (Wildman–Crippen LogP) is 13.6. The van der Waals surface area contributed by atoms with Gasteiger partial charge in [0.1, 0.15) is 13.2 Å². The molecule has 9 heteroatoms. The van der Waals surface area contributed by atoms with E-state index in [0.29, 0.717) is 17.4 Å². The summed E-state index contributed by atoms with van der Waals surface area (Å²) in [6.07, 6.45) is 55.6. The summed E-state index contributed by atoms with van der Waals surface area (Å²) >= 11 is 0. The summed E-state index contributed by atoms with van der Waals surface area (Å²) in [5, 5.41) is 13.8. The summed E-state index contributed by atoms with van der Waals surface area (Å²) < 4.78 is 23.6. The number of nitrogens with zero attached hydrogens (tertiary/aromatic N) is 1. The molecular formula is C50H92N2O6P+. The molecule has 3 unspecified atom stereocenters. The van der Waals surface area contributed by atoms with Crippen molar-refractivity contribution in [3.05, 3.63) is 72.9 Å². The van der Waals surface area contributed by atoms with Crippen LogP contribution < -0.4 is 5.32 Å². The van der Waals surface area contributed by atoms with Gasteiger partial charge < -0.3 is 19.8 Å². The highest BCUT2D eigenvalue weighted by Gasteiger charge is 2.27. The van der Waals surface area contributed by atoms with Gasteiger partial charge in [-0.1, -0.05) is 177 Å². The van der Waals surface area contributed by atoms with Gasteiger partial charge in [0.15, 0.2) is 0 Å². The zero-order chi connectivity index (χ0) is 43.6. The van der Waals surface area contributed by atoms with Crippen LogP contribution in [0, 0.1) is 0 Å². The number of amides is 1. The molecule has 0 aliphatic carbocycles. The third-order valence-electron chi connectivity index (χ3n) is 10.1. The van der Waals surface area contributed by atoms with Crippen molar-refractivity contribution in [2.75, 3.05) is 40.9 Å². The van der Waals surface area contributed by atoms with E-state index in [1.54, 1.807) is 6.08 Å². The smallest absolute Gasteiger partial charge is 0.387 e. The highest BCUT2D eigenvalue weighted by atomic mass is 31.2. The van der Waals surface area contributed by atoms with Crippen LogP contribution in [-0.4, -0.2) is 73.4 Å². The lowest BCUT2D eigenvalue weighted by Gasteiger charge is -2.25. The van der Waals surface area contributed by atoms with Gasteiger partial charge in [-0.2, -0.15) is 0 Å². The molecule has 0 aromatic rings. The molecule has 0 aromatic heterocycles. The molecule has 3 atom stereocenters. The van der Waals surface area contributed by atoms with E-state index < -0.39 is 20.0 Å². The Bertz CT molecular complexity index is 1190. The van der Waals surface area contributed by atoms with Crippen molar-refractivity contribution >= 4 is 13.7 Å². The lowest BCUT2D eigenvalue weighted by atomic mass is 10.0. The summed E-state index contributed by atoms with van der Waals surface area (Å²) in [7, 11) is 1.52. The van der Waals surface area contributed by atoms with Crippen molar-refractivity contribution in [3.8, 4) is 0 Å². The Kier molecular flexibility index (Phi) is 39.9. The first kappa shape index (κ1) is 56.9. The minimum absolute atomic E-state index is 0.0465. The number of allylic oxidation sites excluding steroid dienone is 11. The van der Waals surface area contributed by atoms with E-state index in [1.165, 1.54) is 83.5 Å². The van der Waals surface area contributed by atoms with Crippen molar-refractivity contribution in [1.82, 2.24) is 5.32 Å². The van der Waals surface area contributed by atoms with Crippen LogP contribution in [-0.2, 0) is 18.4 Å². The van der Waals surface area contributed by atoms with Crippen molar-refractivity contribution < 1.29 is 32.9 Å². The predicted molar refractivity (Wildman–Crippen MR) is 253 cm³/mol. The molecule has 0 saturated heterocycles. The average molecular weight is 848 g/mol. The first-order chi connectivity index (χ1) is 28.5. The Morgan fingerprint density at radius 3 is 1.56 bits per heavy atom. The van der Waals surface area contributed by atoms with E-state index in [0.717, 1.165) is 83.5 Å². The van der Waals surface area contributed by atoms with Gasteiger partial charge >= 0.3 is 7.82 Å². The molecule has 59 heavy (non-hydrogen) atoms. The number of rotatable bonds is 42. The molecule has 8 nitrogen and oxygen atoms in total. The number of carbonyl (C=O) groups excluding carboxylic acids is 1. The van der Waals surface area contributed by atoms with Gasteiger partial charge in [0.25, 0.3) is 0 Å². The molecule has 1 amide bonds. The van der Waals surface area contributed by atoms with Crippen LogP contribution in [0.1, 0.15) is 187 Å². The number of carbonyl (C=O) groups is 1. The average Bonchev–Trinajstić information content (AvgIpc) is 3.19. The number of likely N-dealkylation sites (N-methyl/N-ethyl adjacent to an activating group) is 1. The Labute approximate surface area is 364 Å². The Morgan fingerprint density at radius 1 is 0.593 bits per heavy atom. The monoisotopic (exact) mass is 848 g/mol. The Morgan fingerprint density at radius 2 is 1.03 bits per heavy atom. The third kappa shape index (κ3) is 43.8. The highest BCUT2D eigenvalue weighted by Crippen LogP contribution is 2.43. The van der Waals surface area contributed by atoms with Crippen LogP contribution in [0.5, 0.6) is 0 Å². The van der Waals surface area contributed by atoms with Crippen LogP contribution in [0.25, 0.3) is 0 Å². The minimum Gasteiger partial charge on any atom is -0.387 e. The van der Waals surface area contributed by atoms with Gasteiger partial charge in [0, 0.05) is 6.42 Å². The molecular weight excluding hydrogens is 756 g/mol. The summed E-state index contributed by atoms with van der Waals surface area (Å²) in [5.41, 5.74) is 0. The molecule has 0 fully saturated rings.